The molecule has 262 valence electrons. The molecule has 3 heteroatoms. The summed E-state index contributed by atoms with van der Waals surface area (Å²) in [7, 11) is 0. The first-order chi connectivity index (χ1) is 26.7. The molecule has 0 amide bonds. The van der Waals surface area contributed by atoms with Crippen molar-refractivity contribution in [1.29, 1.82) is 0 Å². The van der Waals surface area contributed by atoms with Gasteiger partial charge in [0, 0.05) is 22.7 Å². The van der Waals surface area contributed by atoms with Crippen LogP contribution < -0.4 is 9.80 Å². The summed E-state index contributed by atoms with van der Waals surface area (Å²) in [5.74, 6) is 2.71. The lowest BCUT2D eigenvalue weighted by Gasteiger charge is -2.34. The molecule has 0 spiro atoms. The van der Waals surface area contributed by atoms with Crippen LogP contribution in [0.4, 0.5) is 34.1 Å². The van der Waals surface area contributed by atoms with E-state index in [1.54, 1.807) is 5.56 Å². The van der Waals surface area contributed by atoms with E-state index in [1.165, 1.54) is 43.2 Å². The van der Waals surface area contributed by atoms with Crippen molar-refractivity contribution >= 4 is 56.1 Å². The molecule has 4 bridgehead atoms. The van der Waals surface area contributed by atoms with Crippen LogP contribution in [0.25, 0.3) is 33.1 Å². The number of furan rings is 1. The Labute approximate surface area is 317 Å². The van der Waals surface area contributed by atoms with E-state index in [0.717, 1.165) is 73.8 Å². The van der Waals surface area contributed by atoms with E-state index in [1.807, 2.05) is 0 Å². The highest BCUT2D eigenvalue weighted by atomic mass is 16.3. The smallest absolute Gasteiger partial charge is 0.137 e. The van der Waals surface area contributed by atoms with E-state index >= 15 is 0 Å². The molecule has 0 saturated heterocycles. The number of hydrogen-bond acceptors (Lipinski definition) is 3. The van der Waals surface area contributed by atoms with Crippen molar-refractivity contribution < 1.29 is 4.42 Å². The number of rotatable bonds is 8. The summed E-state index contributed by atoms with van der Waals surface area (Å²) in [4.78, 5) is 4.79. The van der Waals surface area contributed by atoms with Crippen LogP contribution in [0.1, 0.15) is 37.7 Å². The Morgan fingerprint density at radius 2 is 0.852 bits per heavy atom. The summed E-state index contributed by atoms with van der Waals surface area (Å²) in [5, 5.41) is 2.19. The second-order valence-corrected chi connectivity index (χ2v) is 15.9. The molecule has 54 heavy (non-hydrogen) atoms. The lowest BCUT2D eigenvalue weighted by atomic mass is 9.71. The van der Waals surface area contributed by atoms with Gasteiger partial charge in [-0.15, -0.1) is 0 Å². The molecule has 0 radical (unpaired) electrons. The lowest BCUT2D eigenvalue weighted by Crippen LogP contribution is -2.27. The number of fused-ring (bicyclic) bond motifs is 3. The Morgan fingerprint density at radius 3 is 1.37 bits per heavy atom. The number of nitrogens with zero attached hydrogens (tertiary/aromatic N) is 2. The maximum absolute atomic E-state index is 6.75. The van der Waals surface area contributed by atoms with Crippen LogP contribution in [-0.4, -0.2) is 0 Å². The highest BCUT2D eigenvalue weighted by molar-refractivity contribution is 6.19. The van der Waals surface area contributed by atoms with Gasteiger partial charge in [-0.25, -0.2) is 0 Å². The largest absolute Gasteiger partial charge is 0.456 e. The first-order valence-electron chi connectivity index (χ1n) is 19.6. The third-order valence-electron chi connectivity index (χ3n) is 12.9. The zero-order valence-electron chi connectivity index (χ0n) is 30.3. The third kappa shape index (κ3) is 5.02. The molecule has 4 aliphatic rings. The summed E-state index contributed by atoms with van der Waals surface area (Å²) >= 11 is 0. The average Bonchev–Trinajstić information content (AvgIpc) is 3.83. The molecule has 4 saturated carbocycles. The number of benzene rings is 7. The zero-order valence-corrected chi connectivity index (χ0v) is 30.3. The first kappa shape index (κ1) is 31.5. The van der Waals surface area contributed by atoms with Crippen LogP contribution in [0.15, 0.2) is 180 Å². The molecule has 4 fully saturated rings. The van der Waals surface area contributed by atoms with Crippen molar-refractivity contribution in [3.63, 3.8) is 0 Å². The molecule has 3 nitrogen and oxygen atoms in total. The van der Waals surface area contributed by atoms with E-state index in [-0.39, 0.29) is 0 Å². The van der Waals surface area contributed by atoms with Crippen LogP contribution in [0.3, 0.4) is 0 Å². The minimum atomic E-state index is 0.377. The second-order valence-electron chi connectivity index (χ2n) is 15.9. The Bertz CT molecular complexity index is 2540. The number of para-hydroxylation sites is 2. The Morgan fingerprint density at radius 1 is 0.407 bits per heavy atom. The fourth-order valence-corrected chi connectivity index (χ4v) is 10.9. The van der Waals surface area contributed by atoms with E-state index in [2.05, 4.69) is 186 Å². The van der Waals surface area contributed by atoms with Crippen molar-refractivity contribution in [2.24, 2.45) is 17.8 Å². The molecule has 0 N–H and O–H groups in total. The number of anilines is 6. The first-order valence-corrected chi connectivity index (χ1v) is 19.6. The molecule has 1 heterocycles. The minimum absolute atomic E-state index is 0.377. The molecular formula is C51H42N2O. The summed E-state index contributed by atoms with van der Waals surface area (Å²) < 4.78 is 6.75. The molecule has 1 aromatic heterocycles. The minimum Gasteiger partial charge on any atom is -0.456 e. The van der Waals surface area contributed by atoms with Gasteiger partial charge in [0.1, 0.15) is 11.2 Å². The molecule has 4 aliphatic carbocycles. The fourth-order valence-electron chi connectivity index (χ4n) is 10.9. The molecule has 7 aromatic carbocycles. The van der Waals surface area contributed by atoms with E-state index in [9.17, 15) is 0 Å². The van der Waals surface area contributed by atoms with Crippen molar-refractivity contribution in [1.82, 2.24) is 0 Å². The van der Waals surface area contributed by atoms with Gasteiger partial charge < -0.3 is 14.2 Å². The summed E-state index contributed by atoms with van der Waals surface area (Å²) in [6.45, 7) is 0. The number of hydrogen-bond donors (Lipinski definition) is 0. The van der Waals surface area contributed by atoms with Gasteiger partial charge in [-0.2, -0.15) is 0 Å². The average molecular weight is 699 g/mol. The van der Waals surface area contributed by atoms with Crippen LogP contribution in [-0.2, 0) is 5.41 Å². The van der Waals surface area contributed by atoms with Crippen molar-refractivity contribution in [3.05, 3.63) is 181 Å². The normalized spacial score (nSPS) is 21.2. The molecule has 0 aliphatic heterocycles. The Kier molecular flexibility index (Phi) is 7.30. The molecular weight excluding hydrogens is 657 g/mol. The van der Waals surface area contributed by atoms with Gasteiger partial charge in [0.25, 0.3) is 0 Å². The Hall–Kier alpha value is -6.06. The van der Waals surface area contributed by atoms with Crippen molar-refractivity contribution in [3.8, 4) is 11.1 Å². The van der Waals surface area contributed by atoms with Gasteiger partial charge in [0.2, 0.25) is 0 Å². The van der Waals surface area contributed by atoms with Gasteiger partial charge in [0.05, 0.1) is 22.1 Å². The summed E-state index contributed by atoms with van der Waals surface area (Å²) in [6.07, 6.45) is 7.07. The standard InChI is InChI=1S/C51H42N2O/c1-4-12-37(13-5-1)38-22-26-43(27-23-38)53(44-28-24-39(25-29-44)51-33-35-30-36(34-51)32-40(51)31-35)46-19-11-21-48-50(46)49-45(18-10-20-47(49)54-48)52(41-14-6-2-7-15-41)42-16-8-3-9-17-42/h1-29,35-36,40H,30-34H2. The topological polar surface area (TPSA) is 19.6 Å². The van der Waals surface area contributed by atoms with Crippen LogP contribution >= 0.6 is 0 Å². The molecule has 2 atom stereocenters. The highest BCUT2D eigenvalue weighted by Crippen LogP contribution is 2.66. The van der Waals surface area contributed by atoms with E-state index < -0.39 is 0 Å². The van der Waals surface area contributed by atoms with Crippen LogP contribution in [0.2, 0.25) is 0 Å². The van der Waals surface area contributed by atoms with Gasteiger partial charge >= 0.3 is 0 Å². The third-order valence-corrected chi connectivity index (χ3v) is 12.9. The quantitative estimate of drug-likeness (QED) is 0.157. The maximum atomic E-state index is 6.75. The SMILES string of the molecule is c1ccc(-c2ccc(N(c3ccc(C45CC6CC(CC4C6)C5)cc3)c3cccc4oc5cccc(N(c6ccccc6)c6ccccc6)c5c34)cc2)cc1. The van der Waals surface area contributed by atoms with Crippen LogP contribution in [0.5, 0.6) is 0 Å². The van der Waals surface area contributed by atoms with Gasteiger partial charge in [-0.3, -0.25) is 0 Å². The molecule has 2 unspecified atom stereocenters. The predicted molar refractivity (Wildman–Crippen MR) is 224 cm³/mol. The maximum Gasteiger partial charge on any atom is 0.137 e. The summed E-state index contributed by atoms with van der Waals surface area (Å²) in [5.41, 5.74) is 12.7. The fraction of sp³-hybridized carbons (Fsp3) is 0.176. The van der Waals surface area contributed by atoms with E-state index in [4.69, 9.17) is 4.42 Å². The van der Waals surface area contributed by atoms with E-state index in [0.29, 0.717) is 5.41 Å². The molecule has 8 aromatic rings. The zero-order chi connectivity index (χ0) is 35.6. The Balaban J connectivity index is 1.11. The summed E-state index contributed by atoms with van der Waals surface area (Å²) in [6, 6.07) is 63.7. The van der Waals surface area contributed by atoms with Gasteiger partial charge in [0.15, 0.2) is 0 Å². The lowest BCUT2D eigenvalue weighted by molar-refractivity contribution is 0.266. The van der Waals surface area contributed by atoms with Crippen molar-refractivity contribution in [2.45, 2.75) is 37.5 Å². The van der Waals surface area contributed by atoms with Crippen LogP contribution in [0, 0.1) is 17.8 Å². The van der Waals surface area contributed by atoms with Crippen molar-refractivity contribution in [2.75, 3.05) is 9.80 Å². The molecule has 12 rings (SSSR count). The van der Waals surface area contributed by atoms with Gasteiger partial charge in [-0.05, 0) is 145 Å². The second kappa shape index (κ2) is 12.5. The monoisotopic (exact) mass is 698 g/mol. The highest BCUT2D eigenvalue weighted by Gasteiger charge is 2.58. The van der Waals surface area contributed by atoms with Gasteiger partial charge in [-0.1, -0.05) is 103 Å². The predicted octanol–water partition coefficient (Wildman–Crippen LogP) is 14.3.